The number of nitrogen functional groups attached to an aromatic ring is 1. The molecule has 0 aliphatic carbocycles. The quantitative estimate of drug-likeness (QED) is 0.234. The molecule has 0 bridgehead atoms. The van der Waals surface area contributed by atoms with Crippen LogP contribution < -0.4 is 20.7 Å². The molecular formula is C27H27F3N6O4S. The van der Waals surface area contributed by atoms with Crippen molar-refractivity contribution >= 4 is 39.0 Å². The lowest BCUT2D eigenvalue weighted by Gasteiger charge is -2.34. The molecule has 4 aromatic heterocycles. The number of aliphatic hydroxyl groups excluding tert-OH is 1. The SMILES string of the molecule is COc1ccc(-c2ccc(C(O)CNC3CCN(c4cc(C(F)(F)F)c5c(N)c(C(=O)O)sc5n4)CC3)cn2)cn1. The maximum Gasteiger partial charge on any atom is 0.417 e. The number of nitrogens with one attached hydrogen (secondary N) is 1. The van der Waals surface area contributed by atoms with E-state index in [1.807, 2.05) is 6.07 Å². The van der Waals surface area contributed by atoms with E-state index in [4.69, 9.17) is 10.5 Å². The number of carboxylic acid groups (broad SMARTS) is 1. The number of nitrogens with zero attached hydrogens (tertiary/aromatic N) is 4. The molecule has 1 fully saturated rings. The Labute approximate surface area is 236 Å². The van der Waals surface area contributed by atoms with Crippen molar-refractivity contribution < 1.29 is 32.9 Å². The monoisotopic (exact) mass is 588 g/mol. The first kappa shape index (κ1) is 28.5. The predicted molar refractivity (Wildman–Crippen MR) is 148 cm³/mol. The summed E-state index contributed by atoms with van der Waals surface area (Å²) in [5.74, 6) is -0.765. The minimum Gasteiger partial charge on any atom is -0.481 e. The standard InChI is InChI=1S/C27H27F3N6O4S/c1-40-21-5-3-14(11-34-21)18-4-2-15(12-33-18)19(37)13-32-16-6-8-36(9-7-16)20-10-17(27(28,29)30)22-23(31)24(26(38)39)41-25(22)35-20/h2-5,10-12,16,19,32,37H,6-9,13,31H2,1H3,(H,38,39). The third kappa shape index (κ3) is 6.04. The van der Waals surface area contributed by atoms with Gasteiger partial charge in [0.05, 0.1) is 30.2 Å². The van der Waals surface area contributed by atoms with Crippen molar-refractivity contribution in [1.82, 2.24) is 20.3 Å². The third-order valence-electron chi connectivity index (χ3n) is 7.02. The maximum absolute atomic E-state index is 13.9. The van der Waals surface area contributed by atoms with Crippen LogP contribution in [0.15, 0.2) is 42.7 Å². The van der Waals surface area contributed by atoms with Crippen LogP contribution in [0.1, 0.15) is 39.7 Å². The number of nitrogens with two attached hydrogens (primary N) is 1. The molecule has 0 aromatic carbocycles. The number of ether oxygens (including phenoxy) is 1. The van der Waals surface area contributed by atoms with Gasteiger partial charge in [0.25, 0.3) is 0 Å². The Morgan fingerprint density at radius 2 is 1.98 bits per heavy atom. The Morgan fingerprint density at radius 1 is 1.22 bits per heavy atom. The highest BCUT2D eigenvalue weighted by molar-refractivity contribution is 7.21. The van der Waals surface area contributed by atoms with Crippen molar-refractivity contribution in [3.8, 4) is 17.1 Å². The van der Waals surface area contributed by atoms with Crippen molar-refractivity contribution in [3.63, 3.8) is 0 Å². The number of carboxylic acids is 1. The summed E-state index contributed by atoms with van der Waals surface area (Å²) in [6, 6.07) is 8.17. The molecule has 0 amide bonds. The van der Waals surface area contributed by atoms with Crippen LogP contribution in [0.3, 0.4) is 0 Å². The molecule has 1 aliphatic heterocycles. The number of carbonyl (C=O) groups is 1. The number of pyridine rings is 3. The molecule has 1 atom stereocenters. The van der Waals surface area contributed by atoms with Crippen LogP contribution in [0.5, 0.6) is 5.88 Å². The molecule has 1 aliphatic rings. The number of aliphatic hydroxyl groups is 1. The van der Waals surface area contributed by atoms with Gasteiger partial charge in [0.1, 0.15) is 15.5 Å². The molecular weight excluding hydrogens is 561 g/mol. The van der Waals surface area contributed by atoms with Crippen molar-refractivity contribution in [2.24, 2.45) is 0 Å². The first-order chi connectivity index (χ1) is 19.5. The van der Waals surface area contributed by atoms with Gasteiger partial charge in [-0.05, 0) is 31.0 Å². The Bertz CT molecular complexity index is 1540. The van der Waals surface area contributed by atoms with Crippen LogP contribution in [0.2, 0.25) is 0 Å². The molecule has 1 unspecified atom stereocenters. The second-order valence-corrected chi connectivity index (χ2v) is 10.6. The summed E-state index contributed by atoms with van der Waals surface area (Å²) in [5, 5.41) is 22.9. The van der Waals surface area contributed by atoms with Crippen LogP contribution in [0.25, 0.3) is 21.5 Å². The molecule has 0 radical (unpaired) electrons. The van der Waals surface area contributed by atoms with E-state index in [1.54, 1.807) is 42.6 Å². The molecule has 216 valence electrons. The number of methoxy groups -OCH3 is 1. The number of piperidine rings is 1. The number of rotatable bonds is 8. The summed E-state index contributed by atoms with van der Waals surface area (Å²) in [6.07, 6.45) is -1.02. The Balaban J connectivity index is 1.20. The van der Waals surface area contributed by atoms with E-state index in [-0.39, 0.29) is 33.5 Å². The molecule has 5 heterocycles. The summed E-state index contributed by atoms with van der Waals surface area (Å²) in [4.78, 5) is 25.7. The van der Waals surface area contributed by atoms with Crippen molar-refractivity contribution in [1.29, 1.82) is 0 Å². The second-order valence-electron chi connectivity index (χ2n) is 9.61. The second kappa shape index (κ2) is 11.5. The number of thiophene rings is 1. The van der Waals surface area contributed by atoms with Crippen LogP contribution >= 0.6 is 11.3 Å². The molecule has 5 N–H and O–H groups in total. The van der Waals surface area contributed by atoms with E-state index in [0.717, 1.165) is 11.6 Å². The van der Waals surface area contributed by atoms with Gasteiger partial charge in [0, 0.05) is 60.6 Å². The van der Waals surface area contributed by atoms with Crippen LogP contribution in [-0.2, 0) is 6.18 Å². The average Bonchev–Trinajstić information content (AvgIpc) is 3.31. The van der Waals surface area contributed by atoms with Gasteiger partial charge < -0.3 is 30.9 Å². The summed E-state index contributed by atoms with van der Waals surface area (Å²) >= 11 is 0.635. The highest BCUT2D eigenvalue weighted by Gasteiger charge is 2.37. The minimum atomic E-state index is -4.73. The first-order valence-corrected chi connectivity index (χ1v) is 13.5. The van der Waals surface area contributed by atoms with Gasteiger partial charge in [-0.2, -0.15) is 13.2 Å². The number of aromatic carboxylic acids is 1. The number of hydrogen-bond acceptors (Lipinski definition) is 10. The molecule has 0 spiro atoms. The Hall–Kier alpha value is -4.01. The lowest BCUT2D eigenvalue weighted by Crippen LogP contribution is -2.44. The number of aromatic nitrogens is 3. The summed E-state index contributed by atoms with van der Waals surface area (Å²) in [5.41, 5.74) is 6.52. The van der Waals surface area contributed by atoms with Crippen molar-refractivity contribution in [2.45, 2.75) is 31.2 Å². The Morgan fingerprint density at radius 3 is 2.56 bits per heavy atom. The van der Waals surface area contributed by atoms with E-state index in [1.165, 1.54) is 0 Å². The fourth-order valence-corrected chi connectivity index (χ4v) is 5.74. The molecule has 5 rings (SSSR count). The van der Waals surface area contributed by atoms with Gasteiger partial charge in [0.15, 0.2) is 0 Å². The van der Waals surface area contributed by atoms with Gasteiger partial charge in [-0.25, -0.2) is 14.8 Å². The van der Waals surface area contributed by atoms with Crippen molar-refractivity contribution in [2.75, 3.05) is 37.4 Å². The van der Waals surface area contributed by atoms with Gasteiger partial charge in [-0.3, -0.25) is 4.98 Å². The van der Waals surface area contributed by atoms with Gasteiger partial charge in [-0.1, -0.05) is 6.07 Å². The zero-order valence-electron chi connectivity index (χ0n) is 21.9. The molecule has 4 aromatic rings. The topological polar surface area (TPSA) is 147 Å². The molecule has 1 saturated heterocycles. The zero-order chi connectivity index (χ0) is 29.3. The van der Waals surface area contributed by atoms with E-state index < -0.39 is 29.5 Å². The predicted octanol–water partition coefficient (Wildman–Crippen LogP) is 4.35. The van der Waals surface area contributed by atoms with Gasteiger partial charge in [-0.15, -0.1) is 11.3 Å². The third-order valence-corrected chi connectivity index (χ3v) is 8.10. The van der Waals surface area contributed by atoms with E-state index in [9.17, 15) is 28.2 Å². The number of alkyl halides is 3. The molecule has 10 nitrogen and oxygen atoms in total. The first-order valence-electron chi connectivity index (χ1n) is 12.7. The fourth-order valence-electron chi connectivity index (χ4n) is 4.79. The van der Waals surface area contributed by atoms with Gasteiger partial charge >= 0.3 is 12.1 Å². The highest BCUT2D eigenvalue weighted by Crippen LogP contribution is 2.43. The van der Waals surface area contributed by atoms with Crippen molar-refractivity contribution in [3.05, 3.63) is 58.7 Å². The van der Waals surface area contributed by atoms with Crippen LogP contribution in [0.4, 0.5) is 24.7 Å². The number of hydrogen-bond donors (Lipinski definition) is 4. The Kier molecular flexibility index (Phi) is 7.98. The van der Waals surface area contributed by atoms with E-state index >= 15 is 0 Å². The normalized spacial score (nSPS) is 15.3. The summed E-state index contributed by atoms with van der Waals surface area (Å²) < 4.78 is 46.7. The summed E-state index contributed by atoms with van der Waals surface area (Å²) in [6.45, 7) is 1.15. The fraction of sp³-hybridized carbons (Fsp3) is 0.333. The van der Waals surface area contributed by atoms with E-state index in [0.29, 0.717) is 54.4 Å². The lowest BCUT2D eigenvalue weighted by molar-refractivity contribution is -0.136. The molecule has 14 heteroatoms. The van der Waals surface area contributed by atoms with Crippen LogP contribution in [0, 0.1) is 0 Å². The summed E-state index contributed by atoms with van der Waals surface area (Å²) in [7, 11) is 1.54. The molecule has 0 saturated carbocycles. The van der Waals surface area contributed by atoms with Crippen LogP contribution in [-0.4, -0.2) is 63.9 Å². The number of fused-ring (bicyclic) bond motifs is 1. The zero-order valence-corrected chi connectivity index (χ0v) is 22.7. The lowest BCUT2D eigenvalue weighted by atomic mass is 10.0. The largest absolute Gasteiger partial charge is 0.481 e. The highest BCUT2D eigenvalue weighted by atomic mass is 32.1. The van der Waals surface area contributed by atoms with E-state index in [2.05, 4.69) is 20.3 Å². The average molecular weight is 589 g/mol. The minimum absolute atomic E-state index is 0.0420. The smallest absolute Gasteiger partial charge is 0.417 e. The number of anilines is 2. The van der Waals surface area contributed by atoms with Gasteiger partial charge in [0.2, 0.25) is 5.88 Å². The maximum atomic E-state index is 13.9. The molecule has 41 heavy (non-hydrogen) atoms. The number of halogens is 3.